The van der Waals surface area contributed by atoms with Gasteiger partial charge in [-0.25, -0.2) is 23.5 Å². The number of rotatable bonds is 5. The molecular formula is C21H18F2N6O3. The fourth-order valence-electron chi connectivity index (χ4n) is 4.01. The molecule has 4 aromatic rings. The van der Waals surface area contributed by atoms with Crippen molar-refractivity contribution in [3.63, 3.8) is 0 Å². The van der Waals surface area contributed by atoms with Crippen molar-refractivity contribution in [2.75, 3.05) is 12.1 Å². The summed E-state index contributed by atoms with van der Waals surface area (Å²) in [6, 6.07) is 8.11. The fourth-order valence-corrected chi connectivity index (χ4v) is 4.01. The van der Waals surface area contributed by atoms with Gasteiger partial charge in [0.15, 0.2) is 0 Å². The molecule has 2 atom stereocenters. The van der Waals surface area contributed by atoms with Gasteiger partial charge in [-0.3, -0.25) is 15.1 Å². The second kappa shape index (κ2) is 8.09. The van der Waals surface area contributed by atoms with Crippen LogP contribution >= 0.6 is 0 Å². The summed E-state index contributed by atoms with van der Waals surface area (Å²) in [6.45, 7) is 0.349. The fraction of sp³-hybridized carbons (Fsp3) is 0.238. The van der Waals surface area contributed by atoms with Gasteiger partial charge in [-0.05, 0) is 36.2 Å². The van der Waals surface area contributed by atoms with Gasteiger partial charge < -0.3 is 5.11 Å². The third kappa shape index (κ3) is 3.41. The standard InChI is InChI=1S/C21H18F2N6O3/c22-12-4-2-11(3-5-12)19-17(20-24-10-25-29(20)6-1-7-30)18-16-14(21(31)27-26-18)8-13(23)9-15(16)28-32-19/h2-5,8-10,17,19,28,30H,1,6-7H2,(H,27,31). The number of benzene rings is 2. The number of H-pyrrole nitrogens is 1. The SMILES string of the molecule is O=c1[nH]nc2c3c(cc(F)cc13)NOC(c1ccc(F)cc1)C2c1ncnn1CCCO. The molecule has 3 heterocycles. The second-order valence-electron chi connectivity index (χ2n) is 7.40. The number of hydrogen-bond acceptors (Lipinski definition) is 7. The summed E-state index contributed by atoms with van der Waals surface area (Å²) < 4.78 is 29.4. The normalized spacial score (nSPS) is 17.8. The van der Waals surface area contributed by atoms with Crippen LogP contribution in [0.5, 0.6) is 0 Å². The van der Waals surface area contributed by atoms with E-state index in [1.54, 1.807) is 16.8 Å². The second-order valence-corrected chi connectivity index (χ2v) is 7.40. The molecule has 9 nitrogen and oxygen atoms in total. The van der Waals surface area contributed by atoms with E-state index < -0.39 is 29.2 Å². The Balaban J connectivity index is 1.77. The average Bonchev–Trinajstić information content (AvgIpc) is 3.18. The first-order valence-corrected chi connectivity index (χ1v) is 9.94. The van der Waals surface area contributed by atoms with Gasteiger partial charge in [-0.15, -0.1) is 0 Å². The molecule has 0 fully saturated rings. The number of nitrogens with one attached hydrogen (secondary N) is 2. The predicted octanol–water partition coefficient (Wildman–Crippen LogP) is 2.41. The molecule has 5 rings (SSSR count). The zero-order chi connectivity index (χ0) is 22.2. The summed E-state index contributed by atoms with van der Waals surface area (Å²) in [7, 11) is 0. The summed E-state index contributed by atoms with van der Waals surface area (Å²) in [5.74, 6) is -1.25. The van der Waals surface area contributed by atoms with Crippen molar-refractivity contribution in [2.45, 2.75) is 25.0 Å². The minimum atomic E-state index is -0.773. The highest BCUT2D eigenvalue weighted by atomic mass is 19.1. The van der Waals surface area contributed by atoms with Crippen LogP contribution in [0.2, 0.25) is 0 Å². The highest BCUT2D eigenvalue weighted by Crippen LogP contribution is 2.44. The van der Waals surface area contributed by atoms with Crippen molar-refractivity contribution < 1.29 is 18.7 Å². The Kier molecular flexibility index (Phi) is 5.11. The van der Waals surface area contributed by atoms with E-state index in [0.29, 0.717) is 35.4 Å². The number of aliphatic hydroxyl groups is 1. The Hall–Kier alpha value is -3.70. The first-order chi connectivity index (χ1) is 15.6. The molecule has 0 saturated heterocycles. The smallest absolute Gasteiger partial charge is 0.272 e. The van der Waals surface area contributed by atoms with Crippen LogP contribution in [0, 0.1) is 11.6 Å². The van der Waals surface area contributed by atoms with E-state index in [2.05, 4.69) is 25.8 Å². The zero-order valence-corrected chi connectivity index (χ0v) is 16.6. The molecule has 2 aromatic heterocycles. The average molecular weight is 440 g/mol. The molecule has 1 aliphatic rings. The van der Waals surface area contributed by atoms with Crippen LogP contribution in [0.1, 0.15) is 35.5 Å². The van der Waals surface area contributed by atoms with Gasteiger partial charge in [0.25, 0.3) is 5.56 Å². The third-order valence-corrected chi connectivity index (χ3v) is 5.43. The number of hydrogen-bond donors (Lipinski definition) is 3. The van der Waals surface area contributed by atoms with Crippen molar-refractivity contribution in [1.29, 1.82) is 0 Å². The number of aliphatic hydroxyl groups excluding tert-OH is 1. The Morgan fingerprint density at radius 3 is 2.75 bits per heavy atom. The minimum Gasteiger partial charge on any atom is -0.396 e. The summed E-state index contributed by atoms with van der Waals surface area (Å²) in [5, 5.41) is 20.7. The Morgan fingerprint density at radius 2 is 1.97 bits per heavy atom. The monoisotopic (exact) mass is 440 g/mol. The molecular weight excluding hydrogens is 422 g/mol. The topological polar surface area (TPSA) is 118 Å². The molecule has 0 aliphatic carbocycles. The van der Waals surface area contributed by atoms with E-state index in [1.807, 2.05) is 0 Å². The lowest BCUT2D eigenvalue weighted by molar-refractivity contribution is 0.0843. The van der Waals surface area contributed by atoms with Crippen LogP contribution < -0.4 is 11.0 Å². The lowest BCUT2D eigenvalue weighted by Crippen LogP contribution is -2.23. The molecule has 0 saturated carbocycles. The Morgan fingerprint density at radius 1 is 1.16 bits per heavy atom. The van der Waals surface area contributed by atoms with Gasteiger partial charge in [0.1, 0.15) is 29.9 Å². The van der Waals surface area contributed by atoms with Crippen LogP contribution in [0.25, 0.3) is 10.8 Å². The summed E-state index contributed by atoms with van der Waals surface area (Å²) in [6.07, 6.45) is 1.05. The minimum absolute atomic E-state index is 0.0350. The van der Waals surface area contributed by atoms with Crippen LogP contribution in [-0.2, 0) is 11.4 Å². The number of nitrogens with zero attached hydrogens (tertiary/aromatic N) is 4. The molecule has 2 unspecified atom stereocenters. The van der Waals surface area contributed by atoms with Gasteiger partial charge in [-0.2, -0.15) is 10.2 Å². The van der Waals surface area contributed by atoms with E-state index >= 15 is 0 Å². The van der Waals surface area contributed by atoms with E-state index in [1.165, 1.54) is 24.5 Å². The molecule has 3 N–H and O–H groups in total. The van der Waals surface area contributed by atoms with E-state index in [4.69, 9.17) is 4.84 Å². The van der Waals surface area contributed by atoms with Gasteiger partial charge in [0.05, 0.1) is 22.7 Å². The van der Waals surface area contributed by atoms with Gasteiger partial charge in [-0.1, -0.05) is 12.1 Å². The maximum Gasteiger partial charge on any atom is 0.272 e. The maximum absolute atomic E-state index is 14.2. The highest BCUT2D eigenvalue weighted by Gasteiger charge is 2.37. The van der Waals surface area contributed by atoms with Crippen molar-refractivity contribution in [3.05, 3.63) is 81.8 Å². The molecule has 0 spiro atoms. The van der Waals surface area contributed by atoms with E-state index in [9.17, 15) is 18.7 Å². The van der Waals surface area contributed by atoms with Crippen LogP contribution in [0.4, 0.5) is 14.5 Å². The number of aromatic amines is 1. The van der Waals surface area contributed by atoms with Crippen LogP contribution in [0.15, 0.2) is 47.5 Å². The molecule has 32 heavy (non-hydrogen) atoms. The Labute approximate surface area is 179 Å². The number of aromatic nitrogens is 5. The lowest BCUT2D eigenvalue weighted by Gasteiger charge is -2.24. The van der Waals surface area contributed by atoms with Crippen molar-refractivity contribution in [3.8, 4) is 0 Å². The predicted molar refractivity (Wildman–Crippen MR) is 110 cm³/mol. The van der Waals surface area contributed by atoms with Gasteiger partial charge in [0, 0.05) is 18.5 Å². The van der Waals surface area contributed by atoms with Crippen molar-refractivity contribution in [2.24, 2.45) is 0 Å². The lowest BCUT2D eigenvalue weighted by atomic mass is 9.89. The first-order valence-electron chi connectivity index (χ1n) is 9.94. The summed E-state index contributed by atoms with van der Waals surface area (Å²) in [5.41, 5.74) is 3.44. The Bertz CT molecular complexity index is 1340. The largest absolute Gasteiger partial charge is 0.396 e. The van der Waals surface area contributed by atoms with E-state index in [-0.39, 0.29) is 17.7 Å². The summed E-state index contributed by atoms with van der Waals surface area (Å²) >= 11 is 0. The number of aryl methyl sites for hydroxylation is 1. The van der Waals surface area contributed by atoms with Crippen molar-refractivity contribution >= 4 is 16.5 Å². The van der Waals surface area contributed by atoms with Gasteiger partial charge in [0.2, 0.25) is 0 Å². The first kappa shape index (κ1) is 20.2. The molecule has 0 radical (unpaired) electrons. The van der Waals surface area contributed by atoms with E-state index in [0.717, 1.165) is 6.07 Å². The van der Waals surface area contributed by atoms with Crippen LogP contribution in [-0.4, -0.2) is 36.7 Å². The quantitative estimate of drug-likeness (QED) is 0.436. The molecule has 11 heteroatoms. The van der Waals surface area contributed by atoms with Crippen LogP contribution in [0.3, 0.4) is 0 Å². The molecule has 0 amide bonds. The van der Waals surface area contributed by atoms with Gasteiger partial charge >= 0.3 is 0 Å². The number of anilines is 1. The zero-order valence-electron chi connectivity index (χ0n) is 16.6. The van der Waals surface area contributed by atoms with Crippen molar-refractivity contribution in [1.82, 2.24) is 25.0 Å². The summed E-state index contributed by atoms with van der Waals surface area (Å²) in [4.78, 5) is 22.8. The highest BCUT2D eigenvalue weighted by molar-refractivity contribution is 5.95. The molecule has 1 aliphatic heterocycles. The number of halogens is 2. The maximum atomic E-state index is 14.2. The molecule has 164 valence electrons. The third-order valence-electron chi connectivity index (χ3n) is 5.43. The molecule has 2 aromatic carbocycles. The molecule has 0 bridgehead atoms.